The van der Waals surface area contributed by atoms with Crippen molar-refractivity contribution >= 4 is 11.8 Å². The minimum Gasteiger partial charge on any atom is -0.356 e. The van der Waals surface area contributed by atoms with Gasteiger partial charge in [0.2, 0.25) is 11.8 Å². The van der Waals surface area contributed by atoms with E-state index < -0.39 is 0 Å². The Morgan fingerprint density at radius 2 is 1.89 bits per heavy atom. The zero-order valence-electron chi connectivity index (χ0n) is 16.4. The van der Waals surface area contributed by atoms with Gasteiger partial charge in [-0.1, -0.05) is 38.1 Å². The van der Waals surface area contributed by atoms with Crippen LogP contribution in [0.25, 0.3) is 0 Å². The molecule has 2 amide bonds. The van der Waals surface area contributed by atoms with Gasteiger partial charge in [0.15, 0.2) is 0 Å². The Morgan fingerprint density at radius 3 is 2.63 bits per heavy atom. The highest BCUT2D eigenvalue weighted by Gasteiger charge is 2.32. The summed E-state index contributed by atoms with van der Waals surface area (Å²) in [6.45, 7) is 8.29. The summed E-state index contributed by atoms with van der Waals surface area (Å²) in [5.41, 5.74) is 3.45. The Hall–Kier alpha value is -2.56. The lowest BCUT2D eigenvalue weighted by molar-refractivity contribution is -0.136. The van der Waals surface area contributed by atoms with Crippen LogP contribution in [0.4, 0.5) is 0 Å². The molecule has 2 aromatic rings. The van der Waals surface area contributed by atoms with Gasteiger partial charge in [-0.3, -0.25) is 9.59 Å². The van der Waals surface area contributed by atoms with Crippen LogP contribution in [0, 0.1) is 12.8 Å². The first-order valence-corrected chi connectivity index (χ1v) is 9.74. The van der Waals surface area contributed by atoms with Crippen molar-refractivity contribution in [2.24, 2.45) is 5.92 Å². The van der Waals surface area contributed by atoms with Crippen molar-refractivity contribution in [1.82, 2.24) is 14.8 Å². The van der Waals surface area contributed by atoms with Crippen LogP contribution >= 0.6 is 0 Å². The van der Waals surface area contributed by atoms with Gasteiger partial charge < -0.3 is 14.8 Å². The summed E-state index contributed by atoms with van der Waals surface area (Å²) in [6, 6.07) is 12.2. The van der Waals surface area contributed by atoms with E-state index in [1.54, 1.807) is 0 Å². The highest BCUT2D eigenvalue weighted by Crippen LogP contribution is 2.34. The van der Waals surface area contributed by atoms with E-state index in [0.717, 1.165) is 17.8 Å². The lowest BCUT2D eigenvalue weighted by Gasteiger charge is -2.38. The van der Waals surface area contributed by atoms with E-state index in [-0.39, 0.29) is 30.7 Å². The SMILES string of the molecule is Cc1ccccc1[C@H]1c2cccn2CCN1C(=O)CCC(=O)NCC(C)C. The number of rotatable bonds is 6. The van der Waals surface area contributed by atoms with E-state index in [2.05, 4.69) is 55.1 Å². The lowest BCUT2D eigenvalue weighted by atomic mass is 9.95. The fraction of sp³-hybridized carbons (Fsp3) is 0.455. The van der Waals surface area contributed by atoms with E-state index in [9.17, 15) is 9.59 Å². The number of benzene rings is 1. The highest BCUT2D eigenvalue weighted by molar-refractivity contribution is 5.84. The number of nitrogens with one attached hydrogen (secondary N) is 1. The molecule has 0 aliphatic carbocycles. The molecule has 5 heteroatoms. The molecule has 3 rings (SSSR count). The van der Waals surface area contributed by atoms with E-state index in [4.69, 9.17) is 0 Å². The van der Waals surface area contributed by atoms with Gasteiger partial charge in [-0.05, 0) is 36.1 Å². The van der Waals surface area contributed by atoms with Gasteiger partial charge in [0, 0.05) is 44.4 Å². The number of aromatic nitrogens is 1. The summed E-state index contributed by atoms with van der Waals surface area (Å²) in [6.07, 6.45) is 2.55. The van der Waals surface area contributed by atoms with Gasteiger partial charge in [0.25, 0.3) is 0 Å². The Morgan fingerprint density at radius 1 is 1.11 bits per heavy atom. The minimum absolute atomic E-state index is 0.0374. The van der Waals surface area contributed by atoms with E-state index in [1.807, 2.05) is 23.1 Å². The van der Waals surface area contributed by atoms with Crippen molar-refractivity contribution in [2.45, 2.75) is 46.2 Å². The van der Waals surface area contributed by atoms with E-state index in [1.165, 1.54) is 5.56 Å². The normalized spacial score (nSPS) is 16.3. The second-order valence-corrected chi connectivity index (χ2v) is 7.67. The molecule has 2 heterocycles. The standard InChI is InChI=1S/C22H29N3O2/c1-16(2)15-23-20(26)10-11-21(27)25-14-13-24-12-6-9-19(24)22(25)18-8-5-4-7-17(18)3/h4-9,12,16,22H,10-11,13-15H2,1-3H3,(H,23,26)/t22-/m0/s1. The van der Waals surface area contributed by atoms with Gasteiger partial charge in [-0.2, -0.15) is 0 Å². The smallest absolute Gasteiger partial charge is 0.223 e. The van der Waals surface area contributed by atoms with Crippen LogP contribution in [0.5, 0.6) is 0 Å². The molecule has 27 heavy (non-hydrogen) atoms. The van der Waals surface area contributed by atoms with E-state index in [0.29, 0.717) is 19.0 Å². The minimum atomic E-state index is -0.0961. The molecule has 1 N–H and O–H groups in total. The van der Waals surface area contributed by atoms with Crippen molar-refractivity contribution in [3.8, 4) is 0 Å². The molecule has 0 fully saturated rings. The zero-order valence-corrected chi connectivity index (χ0v) is 16.4. The predicted molar refractivity (Wildman–Crippen MR) is 106 cm³/mol. The Kier molecular flexibility index (Phi) is 5.99. The molecule has 0 saturated heterocycles. The maximum Gasteiger partial charge on any atom is 0.223 e. The summed E-state index contributed by atoms with van der Waals surface area (Å²) in [5, 5.41) is 2.89. The molecule has 5 nitrogen and oxygen atoms in total. The summed E-state index contributed by atoms with van der Waals surface area (Å²) in [4.78, 5) is 27.0. The van der Waals surface area contributed by atoms with E-state index >= 15 is 0 Å². The number of nitrogens with zero attached hydrogens (tertiary/aromatic N) is 2. The van der Waals surface area contributed by atoms with Crippen LogP contribution in [-0.2, 0) is 16.1 Å². The van der Waals surface area contributed by atoms with Crippen LogP contribution in [0.1, 0.15) is 49.6 Å². The zero-order chi connectivity index (χ0) is 19.4. The lowest BCUT2D eigenvalue weighted by Crippen LogP contribution is -2.43. The van der Waals surface area contributed by atoms with Crippen LogP contribution in [-0.4, -0.2) is 34.4 Å². The second kappa shape index (κ2) is 8.42. The number of carbonyl (C=O) groups is 2. The molecule has 1 aliphatic heterocycles. The fourth-order valence-corrected chi connectivity index (χ4v) is 3.64. The molecule has 0 saturated carbocycles. The van der Waals surface area contributed by atoms with Crippen LogP contribution < -0.4 is 5.32 Å². The predicted octanol–water partition coefficient (Wildman–Crippen LogP) is 3.28. The number of carbonyl (C=O) groups excluding carboxylic acids is 2. The molecule has 0 unspecified atom stereocenters. The average molecular weight is 367 g/mol. The molecule has 0 bridgehead atoms. The number of aryl methyl sites for hydroxylation is 1. The molecular formula is C22H29N3O2. The Labute approximate surface area is 161 Å². The first kappa shape index (κ1) is 19.2. The second-order valence-electron chi connectivity index (χ2n) is 7.67. The molecule has 0 radical (unpaired) electrons. The molecular weight excluding hydrogens is 338 g/mol. The topological polar surface area (TPSA) is 54.3 Å². The van der Waals surface area contributed by atoms with Crippen molar-refractivity contribution in [2.75, 3.05) is 13.1 Å². The number of fused-ring (bicyclic) bond motifs is 1. The maximum atomic E-state index is 13.0. The first-order chi connectivity index (χ1) is 13.0. The monoisotopic (exact) mass is 367 g/mol. The van der Waals surface area contributed by atoms with Crippen LogP contribution in [0.15, 0.2) is 42.6 Å². The van der Waals surface area contributed by atoms with Crippen molar-refractivity contribution in [3.63, 3.8) is 0 Å². The molecule has 1 atom stereocenters. The Bertz CT molecular complexity index is 809. The van der Waals surface area contributed by atoms with Crippen LogP contribution in [0.3, 0.4) is 0 Å². The number of hydrogen-bond donors (Lipinski definition) is 1. The highest BCUT2D eigenvalue weighted by atomic mass is 16.2. The third-order valence-corrected chi connectivity index (χ3v) is 5.12. The summed E-state index contributed by atoms with van der Waals surface area (Å²) < 4.78 is 2.22. The summed E-state index contributed by atoms with van der Waals surface area (Å²) >= 11 is 0. The van der Waals surface area contributed by atoms with Gasteiger partial charge in [-0.15, -0.1) is 0 Å². The first-order valence-electron chi connectivity index (χ1n) is 9.74. The Balaban J connectivity index is 1.76. The van der Waals surface area contributed by atoms with Crippen molar-refractivity contribution in [1.29, 1.82) is 0 Å². The van der Waals surface area contributed by atoms with Gasteiger partial charge in [0.05, 0.1) is 6.04 Å². The average Bonchev–Trinajstić information content (AvgIpc) is 3.13. The third kappa shape index (κ3) is 4.41. The maximum absolute atomic E-state index is 13.0. The van der Waals surface area contributed by atoms with Crippen LogP contribution in [0.2, 0.25) is 0 Å². The van der Waals surface area contributed by atoms with Crippen molar-refractivity contribution < 1.29 is 9.59 Å². The molecule has 1 aromatic carbocycles. The summed E-state index contributed by atoms with van der Waals surface area (Å²) in [5.74, 6) is 0.394. The van der Waals surface area contributed by atoms with Gasteiger partial charge in [0.1, 0.15) is 0 Å². The molecule has 1 aromatic heterocycles. The number of amides is 2. The van der Waals surface area contributed by atoms with Crippen molar-refractivity contribution in [3.05, 3.63) is 59.4 Å². The fourth-order valence-electron chi connectivity index (χ4n) is 3.64. The van der Waals surface area contributed by atoms with Gasteiger partial charge in [-0.25, -0.2) is 0 Å². The summed E-state index contributed by atoms with van der Waals surface area (Å²) in [7, 11) is 0. The quantitative estimate of drug-likeness (QED) is 0.852. The van der Waals surface area contributed by atoms with Gasteiger partial charge >= 0.3 is 0 Å². The molecule has 1 aliphatic rings. The molecule has 0 spiro atoms. The number of hydrogen-bond acceptors (Lipinski definition) is 2. The molecule has 144 valence electrons. The third-order valence-electron chi connectivity index (χ3n) is 5.12. The largest absolute Gasteiger partial charge is 0.356 e.